The number of nitrogens with two attached hydrogens (primary N) is 1. The highest BCUT2D eigenvalue weighted by molar-refractivity contribution is 7.51. The van der Waals surface area contributed by atoms with E-state index in [2.05, 4.69) is 20.0 Å². The van der Waals surface area contributed by atoms with Crippen LogP contribution in [0.4, 0.5) is 0 Å². The molecule has 0 saturated heterocycles. The average Bonchev–Trinajstić information content (AvgIpc) is 2.56. The second-order valence-electron chi connectivity index (χ2n) is 2.67. The summed E-state index contributed by atoms with van der Waals surface area (Å²) in [5.41, 5.74) is 0. The molecule has 0 amide bonds. The molecule has 8 nitrogen and oxygen atoms in total. The minimum atomic E-state index is -4.03. The number of aromatic nitrogens is 3. The van der Waals surface area contributed by atoms with E-state index in [0.29, 0.717) is 5.82 Å². The van der Waals surface area contributed by atoms with E-state index in [1.165, 1.54) is 6.33 Å². The molecule has 0 saturated carbocycles. The van der Waals surface area contributed by atoms with Crippen LogP contribution in [-0.2, 0) is 9.40 Å². The Hall–Kier alpha value is -0.790. The lowest BCUT2D eigenvalue weighted by Gasteiger charge is -2.11. The first-order valence-electron chi connectivity index (χ1n) is 3.78. The third kappa shape index (κ3) is 3.52. The molecule has 0 radical (unpaired) electrons. The first kappa shape index (κ1) is 11.3. The van der Waals surface area contributed by atoms with E-state index < -0.39 is 13.7 Å². The van der Waals surface area contributed by atoms with Crippen LogP contribution in [-0.4, -0.2) is 31.1 Å². The van der Waals surface area contributed by atoms with E-state index in [0.717, 1.165) is 0 Å². The Bertz CT molecular complexity index is 310. The zero-order valence-electron chi connectivity index (χ0n) is 7.20. The van der Waals surface area contributed by atoms with Gasteiger partial charge in [-0.25, -0.2) is 10.9 Å². The van der Waals surface area contributed by atoms with Crippen molar-refractivity contribution in [3.05, 3.63) is 12.2 Å². The maximum absolute atomic E-state index is 10.6. The van der Waals surface area contributed by atoms with Gasteiger partial charge in [-0.05, 0) is 6.42 Å². The summed E-state index contributed by atoms with van der Waals surface area (Å²) in [7, 11) is -4.03. The number of nitrogens with one attached hydrogen (secondary N) is 1. The van der Waals surface area contributed by atoms with Gasteiger partial charge in [0.2, 0.25) is 0 Å². The fourth-order valence-corrected chi connectivity index (χ4v) is 1.50. The smallest absolute Gasteiger partial charge is 0.324 e. The van der Waals surface area contributed by atoms with Crippen LogP contribution in [0.3, 0.4) is 0 Å². The minimum absolute atomic E-state index is 0.0793. The fourth-order valence-electron chi connectivity index (χ4n) is 0.925. The standard InChI is InChI=1S/C5H11N4O4P/c6-13-4(1-2-14(10,11)12)5-7-3-8-9-5/h3-4H,1-2,6H2,(H,7,8,9)(H2,10,11,12). The summed E-state index contributed by atoms with van der Waals surface area (Å²) in [6.45, 7) is 0. The van der Waals surface area contributed by atoms with Crippen LogP contribution in [0.2, 0.25) is 0 Å². The van der Waals surface area contributed by atoms with Gasteiger partial charge in [-0.1, -0.05) is 0 Å². The number of H-pyrrole nitrogens is 1. The zero-order chi connectivity index (χ0) is 10.6. The van der Waals surface area contributed by atoms with Crippen molar-refractivity contribution in [2.45, 2.75) is 12.5 Å². The molecular formula is C5H11N4O4P. The monoisotopic (exact) mass is 222 g/mol. The minimum Gasteiger partial charge on any atom is -0.324 e. The number of aromatic amines is 1. The molecule has 0 aliphatic rings. The molecule has 0 aromatic carbocycles. The van der Waals surface area contributed by atoms with Gasteiger partial charge < -0.3 is 9.79 Å². The largest absolute Gasteiger partial charge is 0.325 e. The highest BCUT2D eigenvalue weighted by atomic mass is 31.2. The molecule has 80 valence electrons. The molecule has 0 spiro atoms. The van der Waals surface area contributed by atoms with Gasteiger partial charge in [0.05, 0.1) is 6.16 Å². The van der Waals surface area contributed by atoms with E-state index >= 15 is 0 Å². The van der Waals surface area contributed by atoms with Crippen molar-refractivity contribution in [2.75, 3.05) is 6.16 Å². The van der Waals surface area contributed by atoms with Crippen LogP contribution in [0.15, 0.2) is 6.33 Å². The molecule has 0 bridgehead atoms. The van der Waals surface area contributed by atoms with Crippen molar-refractivity contribution < 1.29 is 19.2 Å². The SMILES string of the molecule is NOC(CCP(=O)(O)O)c1ncn[nH]1. The summed E-state index contributed by atoms with van der Waals surface area (Å²) in [4.78, 5) is 25.5. The first-order valence-corrected chi connectivity index (χ1v) is 5.58. The second kappa shape index (κ2) is 4.63. The van der Waals surface area contributed by atoms with Crippen LogP contribution in [0.1, 0.15) is 18.3 Å². The number of hydrogen-bond donors (Lipinski definition) is 4. The van der Waals surface area contributed by atoms with Gasteiger partial charge >= 0.3 is 7.60 Å². The molecule has 1 atom stereocenters. The Kier molecular flexibility index (Phi) is 3.73. The summed E-state index contributed by atoms with van der Waals surface area (Å²) in [5, 5.41) is 6.08. The lowest BCUT2D eigenvalue weighted by Crippen LogP contribution is -2.12. The molecule has 0 aliphatic carbocycles. The van der Waals surface area contributed by atoms with Crippen molar-refractivity contribution in [3.63, 3.8) is 0 Å². The van der Waals surface area contributed by atoms with Gasteiger partial charge in [0.25, 0.3) is 0 Å². The van der Waals surface area contributed by atoms with E-state index in [9.17, 15) is 4.57 Å². The van der Waals surface area contributed by atoms with Crippen molar-refractivity contribution in [3.8, 4) is 0 Å². The number of rotatable bonds is 5. The van der Waals surface area contributed by atoms with Crippen LogP contribution in [0.5, 0.6) is 0 Å². The summed E-state index contributed by atoms with van der Waals surface area (Å²) < 4.78 is 10.6. The summed E-state index contributed by atoms with van der Waals surface area (Å²) in [5.74, 6) is 5.30. The molecule has 1 heterocycles. The Morgan fingerprint density at radius 1 is 1.71 bits per heavy atom. The summed E-state index contributed by atoms with van der Waals surface area (Å²) in [6.07, 6.45) is 0.356. The highest BCUT2D eigenvalue weighted by Gasteiger charge is 2.20. The highest BCUT2D eigenvalue weighted by Crippen LogP contribution is 2.37. The molecule has 0 fully saturated rings. The Labute approximate surface area is 79.6 Å². The maximum Gasteiger partial charge on any atom is 0.325 e. The molecule has 1 aromatic rings. The normalized spacial score (nSPS) is 14.2. The quantitative estimate of drug-likeness (QED) is 0.382. The third-order valence-corrected chi connectivity index (χ3v) is 2.43. The fraction of sp³-hybridized carbons (Fsp3) is 0.600. The maximum atomic E-state index is 10.6. The van der Waals surface area contributed by atoms with E-state index in [-0.39, 0.29) is 12.6 Å². The Morgan fingerprint density at radius 2 is 2.43 bits per heavy atom. The molecule has 5 N–H and O–H groups in total. The van der Waals surface area contributed by atoms with Gasteiger partial charge in [-0.15, -0.1) is 0 Å². The van der Waals surface area contributed by atoms with Gasteiger partial charge in [0, 0.05) is 0 Å². The van der Waals surface area contributed by atoms with Crippen molar-refractivity contribution >= 4 is 7.60 Å². The van der Waals surface area contributed by atoms with E-state index in [1.807, 2.05) is 0 Å². The third-order valence-electron chi connectivity index (χ3n) is 1.59. The van der Waals surface area contributed by atoms with Crippen molar-refractivity contribution in [1.82, 2.24) is 15.2 Å². The van der Waals surface area contributed by atoms with E-state index in [4.69, 9.17) is 15.7 Å². The lowest BCUT2D eigenvalue weighted by molar-refractivity contribution is 0.0438. The summed E-state index contributed by atoms with van der Waals surface area (Å²) >= 11 is 0. The van der Waals surface area contributed by atoms with Crippen LogP contribution >= 0.6 is 7.60 Å². The van der Waals surface area contributed by atoms with Crippen LogP contribution in [0, 0.1) is 0 Å². The zero-order valence-corrected chi connectivity index (χ0v) is 8.09. The predicted molar refractivity (Wildman–Crippen MR) is 45.9 cm³/mol. The van der Waals surface area contributed by atoms with Crippen LogP contribution < -0.4 is 5.90 Å². The molecule has 1 aromatic heterocycles. The van der Waals surface area contributed by atoms with Crippen LogP contribution in [0.25, 0.3) is 0 Å². The van der Waals surface area contributed by atoms with Gasteiger partial charge in [0.15, 0.2) is 5.82 Å². The predicted octanol–water partition coefficient (Wildman–Crippen LogP) is -0.696. The summed E-state index contributed by atoms with van der Waals surface area (Å²) in [6, 6.07) is 0. The lowest BCUT2D eigenvalue weighted by atomic mass is 10.3. The van der Waals surface area contributed by atoms with Crippen molar-refractivity contribution in [2.24, 2.45) is 5.90 Å². The molecule has 0 aliphatic heterocycles. The molecule has 1 unspecified atom stereocenters. The Morgan fingerprint density at radius 3 is 2.86 bits per heavy atom. The second-order valence-corrected chi connectivity index (χ2v) is 4.45. The molecular weight excluding hydrogens is 211 g/mol. The number of hydrogen-bond acceptors (Lipinski definition) is 5. The molecule has 9 heteroatoms. The number of nitrogens with zero attached hydrogens (tertiary/aromatic N) is 2. The van der Waals surface area contributed by atoms with Gasteiger partial charge in [-0.2, -0.15) is 5.10 Å². The van der Waals surface area contributed by atoms with Crippen molar-refractivity contribution in [1.29, 1.82) is 0 Å². The molecule has 1 rings (SSSR count). The van der Waals surface area contributed by atoms with E-state index in [1.54, 1.807) is 0 Å². The average molecular weight is 222 g/mol. The van der Waals surface area contributed by atoms with Gasteiger partial charge in [-0.3, -0.25) is 14.5 Å². The van der Waals surface area contributed by atoms with Gasteiger partial charge in [0.1, 0.15) is 12.4 Å². The molecule has 14 heavy (non-hydrogen) atoms. The first-order chi connectivity index (χ1) is 6.53. The Balaban J connectivity index is 2.53. The topological polar surface area (TPSA) is 134 Å².